The molecule has 1 aromatic carbocycles. The zero-order valence-corrected chi connectivity index (χ0v) is 17.8. The highest BCUT2D eigenvalue weighted by molar-refractivity contribution is 7.89. The number of sulfonamides is 1. The molecule has 2 aliphatic rings. The Labute approximate surface area is 171 Å². The third-order valence-corrected chi connectivity index (χ3v) is 7.89. The van der Waals surface area contributed by atoms with Gasteiger partial charge in [-0.3, -0.25) is 9.89 Å². The first kappa shape index (κ1) is 20.1. The minimum absolute atomic E-state index is 0.104. The monoisotopic (exact) mass is 416 g/mol. The van der Waals surface area contributed by atoms with E-state index < -0.39 is 10.0 Å². The van der Waals surface area contributed by atoms with Crippen molar-refractivity contribution in [3.8, 4) is 0 Å². The maximum atomic E-state index is 13.1. The summed E-state index contributed by atoms with van der Waals surface area (Å²) in [5.74, 6) is 0.217. The van der Waals surface area contributed by atoms with Crippen LogP contribution in [0.1, 0.15) is 60.7 Å². The van der Waals surface area contributed by atoms with Crippen LogP contribution in [0.3, 0.4) is 0 Å². The normalized spacial score (nSPS) is 19.6. The SMILES string of the molecule is Cc1cc(CN(C)S(=O)(=O)c2ccc3c(c2)[C@@H](NC(=O)C2CCCC2)CC3)n[nH]1. The topological polar surface area (TPSA) is 95.2 Å². The molecule has 2 aliphatic carbocycles. The Balaban J connectivity index is 1.52. The standard InChI is InChI=1S/C21H28N4O3S/c1-14-11-17(24-23-14)13-25(2)29(27,28)18-9-7-15-8-10-20(19(15)12-18)22-21(26)16-5-3-4-6-16/h7,9,11-12,16,20H,3-6,8,10,13H2,1-2H3,(H,22,26)(H,23,24)/t20-/m0/s1. The number of nitrogens with one attached hydrogen (secondary N) is 2. The molecule has 2 N–H and O–H groups in total. The maximum absolute atomic E-state index is 13.1. The lowest BCUT2D eigenvalue weighted by Gasteiger charge is -2.19. The highest BCUT2D eigenvalue weighted by atomic mass is 32.2. The molecule has 8 heteroatoms. The summed E-state index contributed by atoms with van der Waals surface area (Å²) in [6, 6.07) is 7.03. The van der Waals surface area contributed by atoms with E-state index in [1.54, 1.807) is 19.2 Å². The van der Waals surface area contributed by atoms with E-state index in [0.29, 0.717) is 5.69 Å². The third kappa shape index (κ3) is 4.09. The molecule has 1 aromatic heterocycles. The van der Waals surface area contributed by atoms with Gasteiger partial charge in [-0.05, 0) is 61.9 Å². The van der Waals surface area contributed by atoms with Crippen LogP contribution < -0.4 is 5.32 Å². The van der Waals surface area contributed by atoms with Crippen molar-refractivity contribution < 1.29 is 13.2 Å². The van der Waals surface area contributed by atoms with Gasteiger partial charge in [0.2, 0.25) is 15.9 Å². The molecule has 1 saturated carbocycles. The van der Waals surface area contributed by atoms with Gasteiger partial charge in [0.25, 0.3) is 0 Å². The minimum Gasteiger partial charge on any atom is -0.349 e. The van der Waals surface area contributed by atoms with E-state index in [4.69, 9.17) is 0 Å². The van der Waals surface area contributed by atoms with Gasteiger partial charge >= 0.3 is 0 Å². The molecule has 0 spiro atoms. The largest absolute Gasteiger partial charge is 0.349 e. The minimum atomic E-state index is -3.65. The first-order valence-electron chi connectivity index (χ1n) is 10.2. The fraction of sp³-hybridized carbons (Fsp3) is 0.524. The van der Waals surface area contributed by atoms with Crippen LogP contribution in [0.4, 0.5) is 0 Å². The number of rotatable bonds is 6. The second-order valence-electron chi connectivity index (χ2n) is 8.25. The molecule has 29 heavy (non-hydrogen) atoms. The molecule has 156 valence electrons. The highest BCUT2D eigenvalue weighted by Gasteiger charge is 2.30. The summed E-state index contributed by atoms with van der Waals surface area (Å²) in [6.45, 7) is 2.08. The Kier molecular flexibility index (Phi) is 5.48. The van der Waals surface area contributed by atoms with Crippen LogP contribution in [-0.2, 0) is 27.8 Å². The number of hydrogen-bond acceptors (Lipinski definition) is 4. The number of amides is 1. The number of nitrogens with zero attached hydrogens (tertiary/aromatic N) is 2. The fourth-order valence-corrected chi connectivity index (χ4v) is 5.59. The van der Waals surface area contributed by atoms with Crippen molar-refractivity contribution in [2.24, 2.45) is 5.92 Å². The lowest BCUT2D eigenvalue weighted by atomic mass is 10.0. The van der Waals surface area contributed by atoms with Gasteiger partial charge in [0.1, 0.15) is 0 Å². The number of aromatic amines is 1. The van der Waals surface area contributed by atoms with Crippen LogP contribution >= 0.6 is 0 Å². The predicted octanol–water partition coefficient (Wildman–Crippen LogP) is 2.83. The number of carbonyl (C=O) groups is 1. The summed E-state index contributed by atoms with van der Waals surface area (Å²) in [5, 5.41) is 10.1. The van der Waals surface area contributed by atoms with E-state index in [9.17, 15) is 13.2 Å². The van der Waals surface area contributed by atoms with Gasteiger partial charge in [-0.1, -0.05) is 18.9 Å². The number of aromatic nitrogens is 2. The molecule has 1 fully saturated rings. The van der Waals surface area contributed by atoms with Gasteiger partial charge in [-0.25, -0.2) is 8.42 Å². The van der Waals surface area contributed by atoms with Gasteiger partial charge in [0, 0.05) is 18.7 Å². The Morgan fingerprint density at radius 1 is 1.24 bits per heavy atom. The summed E-state index contributed by atoms with van der Waals surface area (Å²) in [6.07, 6.45) is 5.81. The Morgan fingerprint density at radius 3 is 2.69 bits per heavy atom. The van der Waals surface area contributed by atoms with Crippen molar-refractivity contribution in [3.05, 3.63) is 46.8 Å². The number of fused-ring (bicyclic) bond motifs is 1. The van der Waals surface area contributed by atoms with Crippen molar-refractivity contribution in [2.75, 3.05) is 7.05 Å². The van der Waals surface area contributed by atoms with Crippen molar-refractivity contribution >= 4 is 15.9 Å². The van der Waals surface area contributed by atoms with Gasteiger partial charge < -0.3 is 5.32 Å². The first-order chi connectivity index (χ1) is 13.8. The zero-order valence-electron chi connectivity index (χ0n) is 16.9. The molecule has 0 aliphatic heterocycles. The average molecular weight is 417 g/mol. The highest BCUT2D eigenvalue weighted by Crippen LogP contribution is 2.34. The first-order valence-corrected chi connectivity index (χ1v) is 11.7. The average Bonchev–Trinajstić information content (AvgIpc) is 3.43. The summed E-state index contributed by atoms with van der Waals surface area (Å²) >= 11 is 0. The molecule has 7 nitrogen and oxygen atoms in total. The molecule has 1 amide bonds. The molecule has 0 saturated heterocycles. The van der Waals surface area contributed by atoms with Gasteiger partial charge in [0.15, 0.2) is 0 Å². The summed E-state index contributed by atoms with van der Waals surface area (Å²) in [4.78, 5) is 12.8. The van der Waals surface area contributed by atoms with E-state index in [2.05, 4.69) is 15.5 Å². The van der Waals surface area contributed by atoms with Crippen LogP contribution in [0.25, 0.3) is 0 Å². The van der Waals surface area contributed by atoms with E-state index in [0.717, 1.165) is 55.3 Å². The van der Waals surface area contributed by atoms with Crippen LogP contribution in [0.5, 0.6) is 0 Å². The molecular weight excluding hydrogens is 388 g/mol. The predicted molar refractivity (Wildman–Crippen MR) is 110 cm³/mol. The molecule has 0 unspecified atom stereocenters. The number of H-pyrrole nitrogens is 1. The second kappa shape index (κ2) is 7.91. The quantitative estimate of drug-likeness (QED) is 0.757. The van der Waals surface area contributed by atoms with Crippen molar-refractivity contribution in [1.29, 1.82) is 0 Å². The van der Waals surface area contributed by atoms with Crippen LogP contribution in [-0.4, -0.2) is 35.9 Å². The van der Waals surface area contributed by atoms with Crippen LogP contribution in [0, 0.1) is 12.8 Å². The molecule has 0 radical (unpaired) electrons. The smallest absolute Gasteiger partial charge is 0.243 e. The van der Waals surface area contributed by atoms with Crippen LogP contribution in [0.15, 0.2) is 29.2 Å². The molecule has 0 bridgehead atoms. The van der Waals surface area contributed by atoms with Crippen molar-refractivity contribution in [2.45, 2.75) is 62.9 Å². The molecule has 4 rings (SSSR count). The molecular formula is C21H28N4O3S. The lowest BCUT2D eigenvalue weighted by Crippen LogP contribution is -2.32. The molecule has 1 atom stereocenters. The number of hydrogen-bond donors (Lipinski definition) is 2. The van der Waals surface area contributed by atoms with Gasteiger partial charge in [0.05, 0.1) is 23.2 Å². The molecule has 2 aromatic rings. The fourth-order valence-electron chi connectivity index (χ4n) is 4.42. The van der Waals surface area contributed by atoms with Crippen molar-refractivity contribution in [1.82, 2.24) is 19.8 Å². The van der Waals surface area contributed by atoms with Gasteiger partial charge in [-0.2, -0.15) is 9.40 Å². The van der Waals surface area contributed by atoms with E-state index in [-0.39, 0.29) is 29.3 Å². The number of aryl methyl sites for hydroxylation is 2. The van der Waals surface area contributed by atoms with E-state index >= 15 is 0 Å². The Bertz CT molecular complexity index is 1010. The molecule has 1 heterocycles. The van der Waals surface area contributed by atoms with E-state index in [1.807, 2.05) is 19.1 Å². The third-order valence-electron chi connectivity index (χ3n) is 6.09. The second-order valence-corrected chi connectivity index (χ2v) is 10.3. The Morgan fingerprint density at radius 2 is 2.00 bits per heavy atom. The zero-order chi connectivity index (χ0) is 20.6. The van der Waals surface area contributed by atoms with E-state index in [1.165, 1.54) is 4.31 Å². The maximum Gasteiger partial charge on any atom is 0.243 e. The number of benzene rings is 1. The lowest BCUT2D eigenvalue weighted by molar-refractivity contribution is -0.125. The summed E-state index contributed by atoms with van der Waals surface area (Å²) in [7, 11) is -2.09. The van der Waals surface area contributed by atoms with Gasteiger partial charge in [-0.15, -0.1) is 0 Å². The summed E-state index contributed by atoms with van der Waals surface area (Å²) < 4.78 is 27.5. The number of carbonyl (C=O) groups excluding carboxylic acids is 1. The summed E-state index contributed by atoms with van der Waals surface area (Å²) in [5.41, 5.74) is 3.62. The Hall–Kier alpha value is -2.19. The van der Waals surface area contributed by atoms with Crippen molar-refractivity contribution in [3.63, 3.8) is 0 Å². The van der Waals surface area contributed by atoms with Crippen LogP contribution in [0.2, 0.25) is 0 Å².